The van der Waals surface area contributed by atoms with Crippen LogP contribution in [0.4, 0.5) is 0 Å². The molecular formula is C20H29N3O2. The molecule has 0 atom stereocenters. The van der Waals surface area contributed by atoms with Crippen molar-refractivity contribution in [2.75, 3.05) is 6.54 Å². The number of nitrogens with zero attached hydrogens (tertiary/aromatic N) is 3. The number of aryl methyl sites for hydroxylation is 4. The fourth-order valence-corrected chi connectivity index (χ4v) is 3.55. The Bertz CT molecular complexity index is 655. The van der Waals surface area contributed by atoms with Crippen LogP contribution >= 0.6 is 0 Å². The van der Waals surface area contributed by atoms with Gasteiger partial charge in [-0.3, -0.25) is 4.90 Å². The summed E-state index contributed by atoms with van der Waals surface area (Å²) in [4.78, 5) is 2.47. The molecule has 2 aromatic rings. The lowest BCUT2D eigenvalue weighted by Gasteiger charge is -2.23. The minimum Gasteiger partial charge on any atom is -0.361 e. The predicted molar refractivity (Wildman–Crippen MR) is 97.2 cm³/mol. The standard InChI is InChI=1S/C20H29N3O2/c1-14-19(16(3)24-21-14)12-23(11-10-18-8-6-5-7-9-18)13-20-15(2)22-25-17(20)4/h8H,5-7,9-13H2,1-4H3. The molecule has 2 aromatic heterocycles. The van der Waals surface area contributed by atoms with Crippen LogP contribution in [-0.2, 0) is 13.1 Å². The highest BCUT2D eigenvalue weighted by Crippen LogP contribution is 2.24. The maximum absolute atomic E-state index is 5.35. The van der Waals surface area contributed by atoms with Crippen molar-refractivity contribution in [3.63, 3.8) is 0 Å². The first kappa shape index (κ1) is 17.9. The average Bonchev–Trinajstić information content (AvgIpc) is 3.10. The molecule has 5 nitrogen and oxygen atoms in total. The molecule has 3 rings (SSSR count). The van der Waals surface area contributed by atoms with Crippen LogP contribution in [0.1, 0.15) is 66.1 Å². The molecule has 0 N–H and O–H groups in total. The number of allylic oxidation sites excluding steroid dienone is 1. The Kier molecular flexibility index (Phi) is 5.74. The van der Waals surface area contributed by atoms with E-state index >= 15 is 0 Å². The Labute approximate surface area is 150 Å². The van der Waals surface area contributed by atoms with Gasteiger partial charge in [-0.25, -0.2) is 0 Å². The van der Waals surface area contributed by atoms with Gasteiger partial charge in [-0.15, -0.1) is 0 Å². The molecular weight excluding hydrogens is 314 g/mol. The van der Waals surface area contributed by atoms with E-state index in [1.807, 2.05) is 27.7 Å². The molecule has 0 radical (unpaired) electrons. The van der Waals surface area contributed by atoms with Crippen LogP contribution in [0, 0.1) is 27.7 Å². The van der Waals surface area contributed by atoms with E-state index in [1.165, 1.54) is 36.8 Å². The number of hydrogen-bond acceptors (Lipinski definition) is 5. The van der Waals surface area contributed by atoms with Crippen LogP contribution in [0.5, 0.6) is 0 Å². The molecule has 0 aromatic carbocycles. The molecule has 1 aliphatic carbocycles. The number of aromatic nitrogens is 2. The van der Waals surface area contributed by atoms with Crippen molar-refractivity contribution in [3.05, 3.63) is 45.7 Å². The topological polar surface area (TPSA) is 55.3 Å². The van der Waals surface area contributed by atoms with Gasteiger partial charge in [0.2, 0.25) is 0 Å². The molecule has 1 aliphatic rings. The van der Waals surface area contributed by atoms with Gasteiger partial charge in [0.15, 0.2) is 0 Å². The second-order valence-electron chi connectivity index (χ2n) is 7.17. The predicted octanol–water partition coefficient (Wildman–Crippen LogP) is 4.79. The van der Waals surface area contributed by atoms with Crippen molar-refractivity contribution in [1.82, 2.24) is 15.2 Å². The molecule has 5 heteroatoms. The summed E-state index contributed by atoms with van der Waals surface area (Å²) in [6, 6.07) is 0. The van der Waals surface area contributed by atoms with E-state index in [0.717, 1.165) is 49.0 Å². The molecule has 0 saturated carbocycles. The quantitative estimate of drug-likeness (QED) is 0.677. The van der Waals surface area contributed by atoms with Crippen molar-refractivity contribution in [1.29, 1.82) is 0 Å². The first-order valence-electron chi connectivity index (χ1n) is 9.28. The molecule has 2 heterocycles. The number of rotatable bonds is 7. The Morgan fingerprint density at radius 2 is 1.52 bits per heavy atom. The van der Waals surface area contributed by atoms with Gasteiger partial charge in [-0.05, 0) is 59.8 Å². The Hall–Kier alpha value is -1.88. The van der Waals surface area contributed by atoms with Crippen molar-refractivity contribution in [2.45, 2.75) is 72.9 Å². The fraction of sp³-hybridized carbons (Fsp3) is 0.600. The van der Waals surface area contributed by atoms with Gasteiger partial charge in [0.25, 0.3) is 0 Å². The van der Waals surface area contributed by atoms with Gasteiger partial charge in [0.05, 0.1) is 11.4 Å². The summed E-state index contributed by atoms with van der Waals surface area (Å²) < 4.78 is 10.7. The van der Waals surface area contributed by atoms with E-state index in [4.69, 9.17) is 9.05 Å². The second kappa shape index (κ2) is 8.00. The van der Waals surface area contributed by atoms with Crippen molar-refractivity contribution in [2.24, 2.45) is 0 Å². The fourth-order valence-electron chi connectivity index (χ4n) is 3.55. The second-order valence-corrected chi connectivity index (χ2v) is 7.17. The van der Waals surface area contributed by atoms with Crippen LogP contribution in [0.15, 0.2) is 20.7 Å². The van der Waals surface area contributed by atoms with Crippen molar-refractivity contribution < 1.29 is 9.05 Å². The molecule has 0 spiro atoms. The maximum Gasteiger partial charge on any atom is 0.138 e. The molecule has 136 valence electrons. The molecule has 0 unspecified atom stereocenters. The van der Waals surface area contributed by atoms with Gasteiger partial charge in [-0.2, -0.15) is 0 Å². The van der Waals surface area contributed by atoms with E-state index in [1.54, 1.807) is 5.57 Å². The van der Waals surface area contributed by atoms with Crippen LogP contribution < -0.4 is 0 Å². The highest BCUT2D eigenvalue weighted by Gasteiger charge is 2.18. The molecule has 0 fully saturated rings. The van der Waals surface area contributed by atoms with Gasteiger partial charge in [0, 0.05) is 30.8 Å². The molecule has 25 heavy (non-hydrogen) atoms. The van der Waals surface area contributed by atoms with Crippen LogP contribution in [0.25, 0.3) is 0 Å². The molecule has 0 bridgehead atoms. The summed E-state index contributed by atoms with van der Waals surface area (Å²) in [7, 11) is 0. The Morgan fingerprint density at radius 1 is 0.920 bits per heavy atom. The third-order valence-corrected chi connectivity index (χ3v) is 5.26. The third-order valence-electron chi connectivity index (χ3n) is 5.26. The summed E-state index contributed by atoms with van der Waals surface area (Å²) in [5.41, 5.74) is 5.97. The van der Waals surface area contributed by atoms with E-state index < -0.39 is 0 Å². The summed E-state index contributed by atoms with van der Waals surface area (Å²) >= 11 is 0. The van der Waals surface area contributed by atoms with Gasteiger partial charge < -0.3 is 9.05 Å². The monoisotopic (exact) mass is 343 g/mol. The molecule has 0 saturated heterocycles. The largest absolute Gasteiger partial charge is 0.361 e. The van der Waals surface area contributed by atoms with Gasteiger partial charge in [0.1, 0.15) is 11.5 Å². The maximum atomic E-state index is 5.35. The first-order valence-corrected chi connectivity index (χ1v) is 9.28. The summed E-state index contributed by atoms with van der Waals surface area (Å²) in [5, 5.41) is 8.21. The first-order chi connectivity index (χ1) is 12.0. The zero-order chi connectivity index (χ0) is 17.8. The van der Waals surface area contributed by atoms with E-state index in [2.05, 4.69) is 21.3 Å². The zero-order valence-electron chi connectivity index (χ0n) is 15.9. The normalized spacial score (nSPS) is 15.0. The lowest BCUT2D eigenvalue weighted by atomic mass is 9.97. The Balaban J connectivity index is 1.74. The summed E-state index contributed by atoms with van der Waals surface area (Å²) in [5.74, 6) is 1.83. The summed E-state index contributed by atoms with van der Waals surface area (Å²) in [6.45, 7) is 10.7. The highest BCUT2D eigenvalue weighted by atomic mass is 16.5. The number of hydrogen-bond donors (Lipinski definition) is 0. The van der Waals surface area contributed by atoms with Gasteiger partial charge in [-0.1, -0.05) is 22.0 Å². The highest BCUT2D eigenvalue weighted by molar-refractivity contribution is 5.23. The van der Waals surface area contributed by atoms with Crippen LogP contribution in [0.3, 0.4) is 0 Å². The smallest absolute Gasteiger partial charge is 0.138 e. The average molecular weight is 343 g/mol. The van der Waals surface area contributed by atoms with Crippen molar-refractivity contribution >= 4 is 0 Å². The van der Waals surface area contributed by atoms with E-state index in [-0.39, 0.29) is 0 Å². The van der Waals surface area contributed by atoms with Crippen LogP contribution in [-0.4, -0.2) is 21.8 Å². The van der Waals surface area contributed by atoms with E-state index in [0.29, 0.717) is 0 Å². The molecule has 0 aliphatic heterocycles. The lowest BCUT2D eigenvalue weighted by Crippen LogP contribution is -2.25. The Morgan fingerprint density at radius 3 is 1.96 bits per heavy atom. The third kappa shape index (κ3) is 4.40. The lowest BCUT2D eigenvalue weighted by molar-refractivity contribution is 0.254. The van der Waals surface area contributed by atoms with E-state index in [9.17, 15) is 0 Å². The molecule has 0 amide bonds. The minimum absolute atomic E-state index is 0.846. The van der Waals surface area contributed by atoms with Crippen LogP contribution in [0.2, 0.25) is 0 Å². The van der Waals surface area contributed by atoms with Gasteiger partial charge >= 0.3 is 0 Å². The minimum atomic E-state index is 0.846. The van der Waals surface area contributed by atoms with Crippen molar-refractivity contribution in [3.8, 4) is 0 Å². The SMILES string of the molecule is Cc1noc(C)c1CN(CCC1=CCCCC1)Cc1c(C)noc1C. The summed E-state index contributed by atoms with van der Waals surface area (Å²) in [6.07, 6.45) is 8.73. The zero-order valence-corrected chi connectivity index (χ0v) is 15.9.